The monoisotopic (exact) mass is 249 g/mol. The summed E-state index contributed by atoms with van der Waals surface area (Å²) < 4.78 is 10.2. The third kappa shape index (κ3) is 3.09. The van der Waals surface area contributed by atoms with Gasteiger partial charge in [0.2, 0.25) is 0 Å². The minimum absolute atomic E-state index is 0.220. The van der Waals surface area contributed by atoms with Gasteiger partial charge < -0.3 is 9.47 Å². The van der Waals surface area contributed by atoms with Crippen LogP contribution in [-0.2, 0) is 20.8 Å². The predicted molar refractivity (Wildman–Crippen MR) is 68.2 cm³/mol. The number of carbonyl (C=O) groups excluding carboxylic acids is 1. The smallest absolute Gasteiger partial charge is 0.325 e. The number of esters is 1. The molecule has 0 aromatic heterocycles. The summed E-state index contributed by atoms with van der Waals surface area (Å²) in [4.78, 5) is 13.8. The lowest BCUT2D eigenvalue weighted by atomic mass is 10.1. The average Bonchev–Trinajstić information content (AvgIpc) is 2.38. The molecule has 0 radical (unpaired) electrons. The molecule has 0 bridgehead atoms. The van der Waals surface area contributed by atoms with Crippen LogP contribution in [0.4, 0.5) is 0 Å². The van der Waals surface area contributed by atoms with Crippen molar-refractivity contribution in [3.63, 3.8) is 0 Å². The first-order chi connectivity index (χ1) is 8.70. The molecule has 0 amide bonds. The van der Waals surface area contributed by atoms with E-state index >= 15 is 0 Å². The van der Waals surface area contributed by atoms with Crippen molar-refractivity contribution in [2.75, 3.05) is 26.9 Å². The molecule has 1 atom stereocenters. The summed E-state index contributed by atoms with van der Waals surface area (Å²) in [6.45, 7) is 4.66. The van der Waals surface area contributed by atoms with Crippen LogP contribution in [-0.4, -0.2) is 43.8 Å². The van der Waals surface area contributed by atoms with E-state index in [1.54, 1.807) is 0 Å². The lowest BCUT2D eigenvalue weighted by Crippen LogP contribution is -2.49. The Kier molecular flexibility index (Phi) is 4.33. The van der Waals surface area contributed by atoms with Crippen molar-refractivity contribution in [2.45, 2.75) is 19.5 Å². The SMILES string of the molecule is COC(=O)C1COCCN1Cc1cccc(C)c1. The van der Waals surface area contributed by atoms with Crippen molar-refractivity contribution >= 4 is 5.97 Å². The van der Waals surface area contributed by atoms with Crippen LogP contribution >= 0.6 is 0 Å². The van der Waals surface area contributed by atoms with Gasteiger partial charge in [-0.3, -0.25) is 9.69 Å². The molecule has 1 saturated heterocycles. The summed E-state index contributed by atoms with van der Waals surface area (Å²) in [5.74, 6) is -0.220. The van der Waals surface area contributed by atoms with Crippen LogP contribution in [0, 0.1) is 6.92 Å². The molecule has 0 aliphatic carbocycles. The van der Waals surface area contributed by atoms with E-state index in [0.29, 0.717) is 13.2 Å². The van der Waals surface area contributed by atoms with Crippen molar-refractivity contribution in [3.8, 4) is 0 Å². The standard InChI is InChI=1S/C14H19NO3/c1-11-4-3-5-12(8-11)9-15-6-7-18-10-13(15)14(16)17-2/h3-5,8,13H,6-7,9-10H2,1-2H3. The number of benzene rings is 1. The molecule has 0 spiro atoms. The minimum atomic E-state index is -0.288. The normalized spacial score (nSPS) is 20.7. The van der Waals surface area contributed by atoms with Gasteiger partial charge in [-0.15, -0.1) is 0 Å². The van der Waals surface area contributed by atoms with Crippen molar-refractivity contribution in [3.05, 3.63) is 35.4 Å². The van der Waals surface area contributed by atoms with Crippen LogP contribution < -0.4 is 0 Å². The lowest BCUT2D eigenvalue weighted by molar-refractivity contribution is -0.153. The van der Waals surface area contributed by atoms with Crippen molar-refractivity contribution in [1.29, 1.82) is 0 Å². The molecule has 1 fully saturated rings. The zero-order chi connectivity index (χ0) is 13.0. The topological polar surface area (TPSA) is 38.8 Å². The maximum absolute atomic E-state index is 11.7. The number of hydrogen-bond acceptors (Lipinski definition) is 4. The van der Waals surface area contributed by atoms with E-state index in [4.69, 9.17) is 9.47 Å². The summed E-state index contributed by atoms with van der Waals surface area (Å²) in [6, 6.07) is 8.05. The van der Waals surface area contributed by atoms with E-state index in [-0.39, 0.29) is 12.0 Å². The molecule has 1 aliphatic heterocycles. The van der Waals surface area contributed by atoms with Gasteiger partial charge in [0.05, 0.1) is 20.3 Å². The largest absolute Gasteiger partial charge is 0.468 e. The van der Waals surface area contributed by atoms with E-state index in [1.165, 1.54) is 18.2 Å². The second-order valence-electron chi connectivity index (χ2n) is 4.57. The quantitative estimate of drug-likeness (QED) is 0.758. The number of rotatable bonds is 3. The number of ether oxygens (including phenoxy) is 2. The Morgan fingerprint density at radius 1 is 1.56 bits per heavy atom. The first-order valence-electron chi connectivity index (χ1n) is 6.16. The zero-order valence-electron chi connectivity index (χ0n) is 10.9. The summed E-state index contributed by atoms with van der Waals surface area (Å²) in [6.07, 6.45) is 0. The molecular formula is C14H19NO3. The third-order valence-electron chi connectivity index (χ3n) is 3.18. The van der Waals surface area contributed by atoms with E-state index < -0.39 is 0 Å². The highest BCUT2D eigenvalue weighted by atomic mass is 16.5. The minimum Gasteiger partial charge on any atom is -0.468 e. The van der Waals surface area contributed by atoms with Crippen LogP contribution in [0.2, 0.25) is 0 Å². The number of methoxy groups -OCH3 is 1. The molecule has 1 unspecified atom stereocenters. The van der Waals surface area contributed by atoms with Gasteiger partial charge in [0.1, 0.15) is 6.04 Å². The molecule has 2 rings (SSSR count). The second kappa shape index (κ2) is 5.98. The van der Waals surface area contributed by atoms with Gasteiger partial charge in [-0.2, -0.15) is 0 Å². The maximum atomic E-state index is 11.7. The van der Waals surface area contributed by atoms with E-state index in [2.05, 4.69) is 30.0 Å². The van der Waals surface area contributed by atoms with Gasteiger partial charge in [-0.1, -0.05) is 29.8 Å². The highest BCUT2D eigenvalue weighted by molar-refractivity contribution is 5.75. The number of carbonyl (C=O) groups is 1. The Labute approximate surface area is 107 Å². The maximum Gasteiger partial charge on any atom is 0.325 e. The molecule has 1 aromatic rings. The van der Waals surface area contributed by atoms with Crippen LogP contribution in [0.5, 0.6) is 0 Å². The lowest BCUT2D eigenvalue weighted by Gasteiger charge is -2.33. The predicted octanol–water partition coefficient (Wildman–Crippen LogP) is 1.37. The van der Waals surface area contributed by atoms with Crippen LogP contribution in [0.15, 0.2) is 24.3 Å². The first-order valence-corrected chi connectivity index (χ1v) is 6.16. The Bertz CT molecular complexity index is 419. The molecule has 1 aliphatic rings. The molecule has 1 aromatic carbocycles. The summed E-state index contributed by atoms with van der Waals surface area (Å²) >= 11 is 0. The fourth-order valence-corrected chi connectivity index (χ4v) is 2.23. The molecule has 1 heterocycles. The van der Waals surface area contributed by atoms with E-state index in [9.17, 15) is 4.79 Å². The van der Waals surface area contributed by atoms with Crippen LogP contribution in [0.1, 0.15) is 11.1 Å². The Morgan fingerprint density at radius 2 is 2.39 bits per heavy atom. The molecule has 98 valence electrons. The fourth-order valence-electron chi connectivity index (χ4n) is 2.23. The molecule has 0 N–H and O–H groups in total. The average molecular weight is 249 g/mol. The summed E-state index contributed by atoms with van der Waals surface area (Å²) in [5, 5.41) is 0. The van der Waals surface area contributed by atoms with Gasteiger partial charge in [-0.05, 0) is 12.5 Å². The van der Waals surface area contributed by atoms with Crippen LogP contribution in [0.3, 0.4) is 0 Å². The summed E-state index contributed by atoms with van der Waals surface area (Å²) in [5.41, 5.74) is 2.45. The second-order valence-corrected chi connectivity index (χ2v) is 4.57. The highest BCUT2D eigenvalue weighted by Crippen LogP contribution is 2.14. The van der Waals surface area contributed by atoms with E-state index in [1.807, 2.05) is 6.07 Å². The van der Waals surface area contributed by atoms with Gasteiger partial charge in [0.25, 0.3) is 0 Å². The van der Waals surface area contributed by atoms with Gasteiger partial charge >= 0.3 is 5.97 Å². The van der Waals surface area contributed by atoms with Crippen LogP contribution in [0.25, 0.3) is 0 Å². The zero-order valence-corrected chi connectivity index (χ0v) is 10.9. The molecular weight excluding hydrogens is 230 g/mol. The Balaban J connectivity index is 2.07. The van der Waals surface area contributed by atoms with Gasteiger partial charge in [-0.25, -0.2) is 0 Å². The Hall–Kier alpha value is -1.39. The van der Waals surface area contributed by atoms with Crippen molar-refractivity contribution in [2.24, 2.45) is 0 Å². The summed E-state index contributed by atoms with van der Waals surface area (Å²) in [7, 11) is 1.42. The number of aryl methyl sites for hydroxylation is 1. The number of nitrogens with zero attached hydrogens (tertiary/aromatic N) is 1. The van der Waals surface area contributed by atoms with Gasteiger partial charge in [0.15, 0.2) is 0 Å². The molecule has 18 heavy (non-hydrogen) atoms. The first kappa shape index (κ1) is 13.1. The van der Waals surface area contributed by atoms with Gasteiger partial charge in [0, 0.05) is 13.1 Å². The number of morpholine rings is 1. The molecule has 4 nitrogen and oxygen atoms in total. The molecule has 4 heteroatoms. The third-order valence-corrected chi connectivity index (χ3v) is 3.18. The number of hydrogen-bond donors (Lipinski definition) is 0. The molecule has 0 saturated carbocycles. The van der Waals surface area contributed by atoms with E-state index in [0.717, 1.165) is 13.1 Å². The van der Waals surface area contributed by atoms with Crippen molar-refractivity contribution < 1.29 is 14.3 Å². The highest BCUT2D eigenvalue weighted by Gasteiger charge is 2.30. The Morgan fingerprint density at radius 3 is 3.11 bits per heavy atom. The van der Waals surface area contributed by atoms with Crippen molar-refractivity contribution in [1.82, 2.24) is 4.90 Å². The fraction of sp³-hybridized carbons (Fsp3) is 0.500.